The average molecular weight is 302 g/mol. The highest BCUT2D eigenvalue weighted by atomic mass is 35.5. The van der Waals surface area contributed by atoms with Crippen molar-refractivity contribution >= 4 is 17.5 Å². The van der Waals surface area contributed by atoms with E-state index in [0.717, 1.165) is 18.7 Å². The minimum Gasteiger partial charge on any atom is -1.00 e. The molecule has 1 aliphatic rings. The van der Waals surface area contributed by atoms with Crippen LogP contribution in [-0.2, 0) is 11.2 Å². The van der Waals surface area contributed by atoms with E-state index in [1.54, 1.807) is 0 Å². The number of benzene rings is 1. The molecule has 19 heavy (non-hydrogen) atoms. The Kier molecular flexibility index (Phi) is 7.21. The van der Waals surface area contributed by atoms with E-state index < -0.39 is 0 Å². The third-order valence-corrected chi connectivity index (χ3v) is 3.48. The highest BCUT2D eigenvalue weighted by Gasteiger charge is 2.11. The van der Waals surface area contributed by atoms with E-state index in [2.05, 4.69) is 10.2 Å². The zero-order valence-corrected chi connectivity index (χ0v) is 12.4. The summed E-state index contributed by atoms with van der Waals surface area (Å²) in [5.74, 6) is 0.0801. The van der Waals surface area contributed by atoms with Crippen LogP contribution in [0.3, 0.4) is 0 Å². The highest BCUT2D eigenvalue weighted by Crippen LogP contribution is 2.10. The van der Waals surface area contributed by atoms with Gasteiger partial charge in [-0.2, -0.15) is 0 Å². The molecule has 1 N–H and O–H groups in total. The molecule has 1 heterocycles. The molecule has 1 aromatic rings. The maximum absolute atomic E-state index is 11.7. The molecular formula is C14H19Cl2N2O-. The smallest absolute Gasteiger partial charge is 0.224 e. The molecule has 1 saturated heterocycles. The fourth-order valence-corrected chi connectivity index (χ4v) is 2.34. The Hall–Kier alpha value is -0.770. The van der Waals surface area contributed by atoms with Gasteiger partial charge in [0.15, 0.2) is 0 Å². The van der Waals surface area contributed by atoms with Crippen molar-refractivity contribution in [2.24, 2.45) is 0 Å². The van der Waals surface area contributed by atoms with E-state index in [-0.39, 0.29) is 18.3 Å². The van der Waals surface area contributed by atoms with Gasteiger partial charge < -0.3 is 22.6 Å². The van der Waals surface area contributed by atoms with Crippen molar-refractivity contribution in [1.29, 1.82) is 0 Å². The Balaban J connectivity index is 0.00000180. The molecule has 0 atom stereocenters. The van der Waals surface area contributed by atoms with Crippen LogP contribution >= 0.6 is 11.6 Å². The Labute approximate surface area is 125 Å². The molecule has 1 amide bonds. The standard InChI is InChI=1S/C14H19ClN2O.ClH/c15-13-5-3-12(4-6-13)11-14(18)16-7-10-17-8-1-2-9-17;/h3-6H,1-2,7-11H2,(H,16,18);1H/p-1. The van der Waals surface area contributed by atoms with Crippen molar-refractivity contribution in [2.45, 2.75) is 19.3 Å². The summed E-state index contributed by atoms with van der Waals surface area (Å²) in [6, 6.07) is 7.41. The number of likely N-dealkylation sites (tertiary alicyclic amines) is 1. The molecule has 0 aromatic heterocycles. The summed E-state index contributed by atoms with van der Waals surface area (Å²) in [5.41, 5.74) is 0.998. The van der Waals surface area contributed by atoms with E-state index in [0.29, 0.717) is 11.4 Å². The third kappa shape index (κ3) is 5.81. The number of carbonyl (C=O) groups excluding carboxylic acids is 1. The predicted molar refractivity (Wildman–Crippen MR) is 73.8 cm³/mol. The number of nitrogens with zero attached hydrogens (tertiary/aromatic N) is 1. The van der Waals surface area contributed by atoms with Crippen LogP contribution < -0.4 is 17.7 Å². The maximum Gasteiger partial charge on any atom is 0.224 e. The third-order valence-electron chi connectivity index (χ3n) is 3.23. The van der Waals surface area contributed by atoms with Gasteiger partial charge in [0.2, 0.25) is 5.91 Å². The molecule has 0 unspecified atom stereocenters. The highest BCUT2D eigenvalue weighted by molar-refractivity contribution is 6.30. The molecule has 106 valence electrons. The lowest BCUT2D eigenvalue weighted by atomic mass is 10.1. The van der Waals surface area contributed by atoms with Crippen molar-refractivity contribution in [1.82, 2.24) is 10.2 Å². The van der Waals surface area contributed by atoms with Crippen LogP contribution in [0.4, 0.5) is 0 Å². The van der Waals surface area contributed by atoms with E-state index >= 15 is 0 Å². The van der Waals surface area contributed by atoms with E-state index in [4.69, 9.17) is 11.6 Å². The van der Waals surface area contributed by atoms with Crippen molar-refractivity contribution in [3.8, 4) is 0 Å². The number of amides is 1. The summed E-state index contributed by atoms with van der Waals surface area (Å²) in [7, 11) is 0. The van der Waals surface area contributed by atoms with E-state index in [9.17, 15) is 4.79 Å². The summed E-state index contributed by atoms with van der Waals surface area (Å²) in [5, 5.41) is 3.66. The Morgan fingerprint density at radius 2 is 1.84 bits per heavy atom. The second-order valence-electron chi connectivity index (χ2n) is 4.70. The molecule has 1 aliphatic heterocycles. The van der Waals surface area contributed by atoms with Crippen LogP contribution in [-0.4, -0.2) is 37.0 Å². The first-order valence-corrected chi connectivity index (χ1v) is 6.85. The van der Waals surface area contributed by atoms with Crippen LogP contribution in [0.15, 0.2) is 24.3 Å². The molecule has 0 bridgehead atoms. The second kappa shape index (κ2) is 8.41. The first kappa shape index (κ1) is 16.3. The van der Waals surface area contributed by atoms with Crippen LogP contribution in [0.2, 0.25) is 5.02 Å². The summed E-state index contributed by atoms with van der Waals surface area (Å²) < 4.78 is 0. The minimum atomic E-state index is 0. The van der Waals surface area contributed by atoms with Gasteiger partial charge in [0, 0.05) is 18.1 Å². The summed E-state index contributed by atoms with van der Waals surface area (Å²) in [6.07, 6.45) is 3.01. The quantitative estimate of drug-likeness (QED) is 0.764. The minimum absolute atomic E-state index is 0. The lowest BCUT2D eigenvalue weighted by Gasteiger charge is -2.14. The van der Waals surface area contributed by atoms with Gasteiger partial charge in [0.25, 0.3) is 0 Å². The van der Waals surface area contributed by atoms with Crippen molar-refractivity contribution in [2.75, 3.05) is 26.2 Å². The normalized spacial score (nSPS) is 15.0. The van der Waals surface area contributed by atoms with Crippen molar-refractivity contribution in [3.63, 3.8) is 0 Å². The van der Waals surface area contributed by atoms with Gasteiger partial charge in [-0.05, 0) is 43.6 Å². The number of nitrogens with one attached hydrogen (secondary N) is 1. The molecule has 1 aromatic carbocycles. The molecule has 1 fully saturated rings. The zero-order valence-electron chi connectivity index (χ0n) is 10.9. The van der Waals surface area contributed by atoms with Gasteiger partial charge in [-0.1, -0.05) is 23.7 Å². The van der Waals surface area contributed by atoms with Gasteiger partial charge in [0.1, 0.15) is 0 Å². The van der Waals surface area contributed by atoms with Crippen molar-refractivity contribution in [3.05, 3.63) is 34.9 Å². The summed E-state index contributed by atoms with van der Waals surface area (Å²) in [6.45, 7) is 4.05. The largest absolute Gasteiger partial charge is 1.00 e. The number of carbonyl (C=O) groups is 1. The predicted octanol–water partition coefficient (Wildman–Crippen LogP) is -0.901. The zero-order chi connectivity index (χ0) is 12.8. The van der Waals surface area contributed by atoms with Gasteiger partial charge in [-0.15, -0.1) is 0 Å². The van der Waals surface area contributed by atoms with Gasteiger partial charge in [-0.3, -0.25) is 4.79 Å². The Morgan fingerprint density at radius 3 is 2.47 bits per heavy atom. The van der Waals surface area contributed by atoms with Crippen molar-refractivity contribution < 1.29 is 17.2 Å². The second-order valence-corrected chi connectivity index (χ2v) is 5.14. The fourth-order valence-electron chi connectivity index (χ4n) is 2.21. The van der Waals surface area contributed by atoms with Gasteiger partial charge >= 0.3 is 0 Å². The Bertz CT molecular complexity index is 389. The Morgan fingerprint density at radius 1 is 1.21 bits per heavy atom. The molecule has 5 heteroatoms. The van der Waals surface area contributed by atoms with Gasteiger partial charge in [0.05, 0.1) is 6.42 Å². The first-order valence-electron chi connectivity index (χ1n) is 6.47. The number of rotatable bonds is 5. The molecule has 0 spiro atoms. The average Bonchev–Trinajstić information content (AvgIpc) is 2.85. The SMILES string of the molecule is O=C(Cc1ccc(Cl)cc1)NCCN1CCCC1.[Cl-]. The molecule has 0 radical (unpaired) electrons. The summed E-state index contributed by atoms with van der Waals surface area (Å²) >= 11 is 5.80. The summed E-state index contributed by atoms with van der Waals surface area (Å²) in [4.78, 5) is 14.1. The number of hydrogen-bond donors (Lipinski definition) is 1. The van der Waals surface area contributed by atoms with Gasteiger partial charge in [-0.25, -0.2) is 0 Å². The topological polar surface area (TPSA) is 32.3 Å². The first-order chi connectivity index (χ1) is 8.74. The molecule has 0 saturated carbocycles. The number of halogens is 2. The number of hydrogen-bond acceptors (Lipinski definition) is 2. The molecule has 0 aliphatic carbocycles. The maximum atomic E-state index is 11.7. The molecular weight excluding hydrogens is 283 g/mol. The molecule has 2 rings (SSSR count). The lowest BCUT2D eigenvalue weighted by molar-refractivity contribution is -0.120. The van der Waals surface area contributed by atoms with Crippen LogP contribution in [0, 0.1) is 0 Å². The molecule has 3 nitrogen and oxygen atoms in total. The monoisotopic (exact) mass is 301 g/mol. The van der Waals surface area contributed by atoms with Crippen LogP contribution in [0.5, 0.6) is 0 Å². The van der Waals surface area contributed by atoms with Crippen LogP contribution in [0.1, 0.15) is 18.4 Å². The van der Waals surface area contributed by atoms with E-state index in [1.807, 2.05) is 24.3 Å². The lowest BCUT2D eigenvalue weighted by Crippen LogP contribution is -3.00. The fraction of sp³-hybridized carbons (Fsp3) is 0.500. The van der Waals surface area contributed by atoms with Crippen LogP contribution in [0.25, 0.3) is 0 Å². The van der Waals surface area contributed by atoms with E-state index in [1.165, 1.54) is 25.9 Å².